The van der Waals surface area contributed by atoms with Crippen LogP contribution in [0.3, 0.4) is 0 Å². The van der Waals surface area contributed by atoms with Crippen molar-refractivity contribution < 1.29 is 0 Å². The molecule has 0 saturated carbocycles. The SMILES string of the molecule is CN=C(NCCc1sc(C)nc1C)NCc1ccnc2ccccc12. The van der Waals surface area contributed by atoms with Crippen LogP contribution in [0.5, 0.6) is 0 Å². The maximum absolute atomic E-state index is 4.47. The normalized spacial score (nSPS) is 11.7. The fourth-order valence-electron chi connectivity index (χ4n) is 2.81. The predicted molar refractivity (Wildman–Crippen MR) is 105 cm³/mol. The smallest absolute Gasteiger partial charge is 0.191 e. The summed E-state index contributed by atoms with van der Waals surface area (Å²) in [5, 5.41) is 9.05. The van der Waals surface area contributed by atoms with Gasteiger partial charge in [0.05, 0.1) is 16.2 Å². The Morgan fingerprint density at radius 2 is 2.00 bits per heavy atom. The number of benzene rings is 1. The zero-order valence-corrected chi connectivity index (χ0v) is 15.7. The average molecular weight is 353 g/mol. The molecule has 0 saturated heterocycles. The molecule has 25 heavy (non-hydrogen) atoms. The molecule has 0 aliphatic heterocycles. The van der Waals surface area contributed by atoms with Gasteiger partial charge in [-0.25, -0.2) is 4.98 Å². The van der Waals surface area contributed by atoms with Crippen molar-refractivity contribution in [1.29, 1.82) is 0 Å². The fraction of sp³-hybridized carbons (Fsp3) is 0.316. The Morgan fingerprint density at radius 1 is 1.16 bits per heavy atom. The average Bonchev–Trinajstić information content (AvgIpc) is 2.95. The van der Waals surface area contributed by atoms with Crippen LogP contribution in [-0.4, -0.2) is 29.5 Å². The summed E-state index contributed by atoms with van der Waals surface area (Å²) >= 11 is 1.77. The van der Waals surface area contributed by atoms with Crippen molar-refractivity contribution in [3.05, 3.63) is 57.7 Å². The molecule has 0 aliphatic carbocycles. The lowest BCUT2D eigenvalue weighted by Crippen LogP contribution is -2.37. The quantitative estimate of drug-likeness (QED) is 0.546. The van der Waals surface area contributed by atoms with Gasteiger partial charge in [0.15, 0.2) is 5.96 Å². The summed E-state index contributed by atoms with van der Waals surface area (Å²) in [5.41, 5.74) is 3.36. The van der Waals surface area contributed by atoms with Crippen LogP contribution in [0, 0.1) is 13.8 Å². The Labute approximate surface area is 152 Å². The summed E-state index contributed by atoms with van der Waals surface area (Å²) < 4.78 is 0. The molecule has 0 radical (unpaired) electrons. The lowest BCUT2D eigenvalue weighted by molar-refractivity contribution is 0.798. The van der Waals surface area contributed by atoms with E-state index in [1.165, 1.54) is 15.8 Å². The molecule has 0 atom stereocenters. The lowest BCUT2D eigenvalue weighted by atomic mass is 10.1. The summed E-state index contributed by atoms with van der Waals surface area (Å²) in [6.45, 7) is 5.66. The summed E-state index contributed by atoms with van der Waals surface area (Å²) in [6, 6.07) is 10.2. The molecule has 2 aromatic heterocycles. The molecule has 2 heterocycles. The van der Waals surface area contributed by atoms with E-state index in [9.17, 15) is 0 Å². The van der Waals surface area contributed by atoms with E-state index in [-0.39, 0.29) is 0 Å². The molecule has 0 unspecified atom stereocenters. The van der Waals surface area contributed by atoms with Crippen LogP contribution in [0.25, 0.3) is 10.9 Å². The summed E-state index contributed by atoms with van der Waals surface area (Å²) in [7, 11) is 1.79. The highest BCUT2D eigenvalue weighted by Crippen LogP contribution is 2.17. The Morgan fingerprint density at radius 3 is 2.76 bits per heavy atom. The van der Waals surface area contributed by atoms with Crippen LogP contribution in [0.1, 0.15) is 21.1 Å². The second-order valence-corrected chi connectivity index (χ2v) is 7.12. The van der Waals surface area contributed by atoms with E-state index in [1.807, 2.05) is 37.4 Å². The highest BCUT2D eigenvalue weighted by atomic mass is 32.1. The van der Waals surface area contributed by atoms with Gasteiger partial charge in [0.2, 0.25) is 0 Å². The van der Waals surface area contributed by atoms with Gasteiger partial charge in [-0.05, 0) is 31.5 Å². The number of rotatable bonds is 5. The number of nitrogens with zero attached hydrogens (tertiary/aromatic N) is 3. The van der Waals surface area contributed by atoms with E-state index in [0.717, 1.165) is 35.1 Å². The standard InChI is InChI=1S/C19H23N5S/c1-13-18(25-14(2)24-13)9-11-22-19(20-3)23-12-15-8-10-21-17-7-5-4-6-16(15)17/h4-8,10H,9,11-12H2,1-3H3,(H2,20,22,23). The number of aromatic nitrogens is 2. The molecule has 130 valence electrons. The highest BCUT2D eigenvalue weighted by Gasteiger charge is 2.06. The van der Waals surface area contributed by atoms with Crippen molar-refractivity contribution >= 4 is 28.2 Å². The van der Waals surface area contributed by atoms with Crippen molar-refractivity contribution in [1.82, 2.24) is 20.6 Å². The zero-order valence-electron chi connectivity index (χ0n) is 14.8. The van der Waals surface area contributed by atoms with Crippen molar-refractivity contribution in [3.8, 4) is 0 Å². The van der Waals surface area contributed by atoms with E-state index in [1.54, 1.807) is 18.4 Å². The lowest BCUT2D eigenvalue weighted by Gasteiger charge is -2.13. The number of thiazole rings is 1. The Bertz CT molecular complexity index is 879. The van der Waals surface area contributed by atoms with Crippen molar-refractivity contribution in [2.45, 2.75) is 26.8 Å². The molecule has 1 aromatic carbocycles. The van der Waals surface area contributed by atoms with Gasteiger partial charge in [-0.2, -0.15) is 0 Å². The van der Waals surface area contributed by atoms with E-state index in [0.29, 0.717) is 6.54 Å². The van der Waals surface area contributed by atoms with Gasteiger partial charge in [-0.3, -0.25) is 9.98 Å². The van der Waals surface area contributed by atoms with Crippen LogP contribution in [0.15, 0.2) is 41.5 Å². The Kier molecular flexibility index (Phi) is 5.60. The number of aryl methyl sites for hydroxylation is 2. The molecule has 3 aromatic rings. The minimum Gasteiger partial charge on any atom is -0.356 e. The van der Waals surface area contributed by atoms with E-state index in [2.05, 4.69) is 38.6 Å². The number of para-hydroxylation sites is 1. The van der Waals surface area contributed by atoms with Crippen LogP contribution in [0.4, 0.5) is 0 Å². The maximum Gasteiger partial charge on any atom is 0.191 e. The molecule has 2 N–H and O–H groups in total. The first-order valence-corrected chi connectivity index (χ1v) is 9.19. The third-order valence-electron chi connectivity index (χ3n) is 4.05. The first-order valence-electron chi connectivity index (χ1n) is 8.37. The molecule has 0 bridgehead atoms. The van der Waals surface area contributed by atoms with Crippen molar-refractivity contribution in [2.75, 3.05) is 13.6 Å². The van der Waals surface area contributed by atoms with Gasteiger partial charge in [-0.1, -0.05) is 18.2 Å². The van der Waals surface area contributed by atoms with Gasteiger partial charge >= 0.3 is 0 Å². The minimum absolute atomic E-state index is 0.710. The molecule has 6 heteroatoms. The van der Waals surface area contributed by atoms with Crippen molar-refractivity contribution in [2.24, 2.45) is 4.99 Å². The number of aliphatic imine (C=N–C) groups is 1. The number of hydrogen-bond acceptors (Lipinski definition) is 4. The number of pyridine rings is 1. The first-order chi connectivity index (χ1) is 12.2. The number of fused-ring (bicyclic) bond motifs is 1. The molecular formula is C19H23N5S. The van der Waals surface area contributed by atoms with Crippen molar-refractivity contribution in [3.63, 3.8) is 0 Å². The molecule has 0 fully saturated rings. The van der Waals surface area contributed by atoms with Gasteiger partial charge in [0.25, 0.3) is 0 Å². The van der Waals surface area contributed by atoms with Gasteiger partial charge < -0.3 is 10.6 Å². The number of nitrogens with one attached hydrogen (secondary N) is 2. The van der Waals surface area contributed by atoms with E-state index in [4.69, 9.17) is 0 Å². The minimum atomic E-state index is 0.710. The van der Waals surface area contributed by atoms with E-state index >= 15 is 0 Å². The number of guanidine groups is 1. The first kappa shape index (κ1) is 17.4. The molecular weight excluding hydrogens is 330 g/mol. The molecule has 0 spiro atoms. The van der Waals surface area contributed by atoms with E-state index < -0.39 is 0 Å². The predicted octanol–water partition coefficient (Wildman–Crippen LogP) is 3.22. The largest absolute Gasteiger partial charge is 0.356 e. The third kappa shape index (κ3) is 4.33. The summed E-state index contributed by atoms with van der Waals surface area (Å²) in [6.07, 6.45) is 2.81. The Balaban J connectivity index is 1.56. The van der Waals surface area contributed by atoms with Crippen LogP contribution in [0.2, 0.25) is 0 Å². The number of hydrogen-bond donors (Lipinski definition) is 2. The third-order valence-corrected chi connectivity index (χ3v) is 5.19. The van der Waals surface area contributed by atoms with Gasteiger partial charge in [0.1, 0.15) is 0 Å². The molecule has 0 aliphatic rings. The second-order valence-electron chi connectivity index (χ2n) is 5.83. The topological polar surface area (TPSA) is 62.2 Å². The summed E-state index contributed by atoms with van der Waals surface area (Å²) in [5.74, 6) is 0.805. The van der Waals surface area contributed by atoms with Crippen LogP contribution < -0.4 is 10.6 Å². The molecule has 0 amide bonds. The van der Waals surface area contributed by atoms with Crippen LogP contribution in [-0.2, 0) is 13.0 Å². The zero-order chi connectivity index (χ0) is 17.6. The second kappa shape index (κ2) is 8.07. The Hall–Kier alpha value is -2.47. The van der Waals surface area contributed by atoms with Gasteiger partial charge in [-0.15, -0.1) is 11.3 Å². The molecule has 3 rings (SSSR count). The van der Waals surface area contributed by atoms with Crippen LogP contribution >= 0.6 is 11.3 Å². The molecule has 5 nitrogen and oxygen atoms in total. The highest BCUT2D eigenvalue weighted by molar-refractivity contribution is 7.11. The monoisotopic (exact) mass is 353 g/mol. The fourth-order valence-corrected chi connectivity index (χ4v) is 3.75. The summed E-state index contributed by atoms with van der Waals surface area (Å²) in [4.78, 5) is 14.5. The maximum atomic E-state index is 4.47. The van der Waals surface area contributed by atoms with Gasteiger partial charge in [0, 0.05) is 43.0 Å².